The number of allylic oxidation sites excluding steroid dienone is 1. The number of piperidine rings is 1. The Labute approximate surface area is 127 Å². The summed E-state index contributed by atoms with van der Waals surface area (Å²) in [6, 6.07) is 1.72. The smallest absolute Gasteiger partial charge is 0.350 e. The highest BCUT2D eigenvalue weighted by Crippen LogP contribution is 2.46. The van der Waals surface area contributed by atoms with Crippen LogP contribution in [0.5, 0.6) is 0 Å². The summed E-state index contributed by atoms with van der Waals surface area (Å²) >= 11 is 0. The Hall–Kier alpha value is -1.59. The normalized spacial score (nSPS) is 27.5. The quantitative estimate of drug-likeness (QED) is 0.734. The van der Waals surface area contributed by atoms with Crippen molar-refractivity contribution < 1.29 is 13.2 Å². The molecule has 2 aliphatic heterocycles. The second-order valence-electron chi connectivity index (χ2n) is 6.56. The number of nitrogens with zero attached hydrogens (tertiary/aromatic N) is 3. The molecule has 2 unspecified atom stereocenters. The van der Waals surface area contributed by atoms with E-state index in [9.17, 15) is 13.2 Å². The number of alkyl halides is 3. The van der Waals surface area contributed by atoms with Crippen LogP contribution < -0.4 is 4.90 Å². The van der Waals surface area contributed by atoms with Gasteiger partial charge in [0.2, 0.25) is 0 Å². The number of halogens is 3. The van der Waals surface area contributed by atoms with E-state index in [4.69, 9.17) is 0 Å². The zero-order valence-electron chi connectivity index (χ0n) is 12.5. The largest absolute Gasteiger partial charge is 0.433 e. The summed E-state index contributed by atoms with van der Waals surface area (Å²) in [7, 11) is 0. The van der Waals surface area contributed by atoms with E-state index in [2.05, 4.69) is 14.9 Å². The molecule has 2 saturated heterocycles. The van der Waals surface area contributed by atoms with Crippen molar-refractivity contribution in [3.05, 3.63) is 28.7 Å². The van der Waals surface area contributed by atoms with Crippen LogP contribution in [0.1, 0.15) is 50.0 Å². The van der Waals surface area contributed by atoms with Gasteiger partial charge in [-0.1, -0.05) is 11.1 Å². The lowest BCUT2D eigenvalue weighted by atomic mass is 9.95. The maximum Gasteiger partial charge on any atom is 0.433 e. The van der Waals surface area contributed by atoms with Gasteiger partial charge in [-0.3, -0.25) is 0 Å². The molecule has 3 aliphatic rings. The van der Waals surface area contributed by atoms with Gasteiger partial charge in [0.05, 0.1) is 0 Å². The van der Waals surface area contributed by atoms with Crippen molar-refractivity contribution in [2.75, 3.05) is 4.90 Å². The third-order valence-corrected chi connectivity index (χ3v) is 4.96. The maximum absolute atomic E-state index is 13.0. The molecule has 118 valence electrons. The van der Waals surface area contributed by atoms with E-state index in [0.29, 0.717) is 17.9 Å². The summed E-state index contributed by atoms with van der Waals surface area (Å²) in [6.45, 7) is 1.53. The molecule has 1 aromatic heterocycles. The number of anilines is 1. The summed E-state index contributed by atoms with van der Waals surface area (Å²) in [6.07, 6.45) is 2.11. The van der Waals surface area contributed by atoms with Gasteiger partial charge in [0, 0.05) is 18.2 Å². The number of hydrogen-bond acceptors (Lipinski definition) is 3. The Morgan fingerprint density at radius 3 is 2.23 bits per heavy atom. The van der Waals surface area contributed by atoms with E-state index in [1.807, 2.05) is 0 Å². The molecule has 3 heterocycles. The number of rotatable bonds is 1. The van der Waals surface area contributed by atoms with Crippen LogP contribution in [-0.4, -0.2) is 22.1 Å². The zero-order chi connectivity index (χ0) is 15.5. The first-order valence-corrected chi connectivity index (χ1v) is 7.83. The molecule has 0 amide bonds. The lowest BCUT2D eigenvalue weighted by molar-refractivity contribution is -0.141. The average Bonchev–Trinajstić information content (AvgIpc) is 3.23. The molecule has 2 atom stereocenters. The van der Waals surface area contributed by atoms with Crippen molar-refractivity contribution in [2.45, 2.75) is 63.7 Å². The maximum atomic E-state index is 13.0. The highest BCUT2D eigenvalue weighted by atomic mass is 19.4. The van der Waals surface area contributed by atoms with Crippen LogP contribution in [0.15, 0.2) is 17.2 Å². The predicted octanol–water partition coefficient (Wildman–Crippen LogP) is 4.03. The van der Waals surface area contributed by atoms with E-state index in [1.165, 1.54) is 19.8 Å². The molecule has 3 fully saturated rings. The van der Waals surface area contributed by atoms with Gasteiger partial charge in [-0.15, -0.1) is 0 Å². The molecule has 0 radical (unpaired) electrons. The van der Waals surface area contributed by atoms with Gasteiger partial charge in [-0.25, -0.2) is 9.97 Å². The second-order valence-corrected chi connectivity index (χ2v) is 6.56. The Morgan fingerprint density at radius 2 is 1.68 bits per heavy atom. The molecule has 1 aromatic rings. The fourth-order valence-electron chi connectivity index (χ4n) is 3.92. The molecule has 0 aromatic carbocycles. The average molecular weight is 309 g/mol. The SMILES string of the molecule is Cc1nc(N2C3CCC2CC(=C2CC2)C3)cc(C(F)(F)F)n1. The molecule has 6 heteroatoms. The third-order valence-electron chi connectivity index (χ3n) is 4.96. The van der Waals surface area contributed by atoms with E-state index in [1.54, 1.807) is 11.1 Å². The molecule has 0 N–H and O–H groups in total. The first-order chi connectivity index (χ1) is 10.4. The monoisotopic (exact) mass is 309 g/mol. The van der Waals surface area contributed by atoms with Crippen LogP contribution in [-0.2, 0) is 6.18 Å². The van der Waals surface area contributed by atoms with Crippen molar-refractivity contribution in [3.8, 4) is 0 Å². The summed E-state index contributed by atoms with van der Waals surface area (Å²) in [5.41, 5.74) is 2.32. The molecule has 2 bridgehead atoms. The van der Waals surface area contributed by atoms with Gasteiger partial charge in [0.1, 0.15) is 17.3 Å². The molecule has 1 aliphatic carbocycles. The van der Waals surface area contributed by atoms with Crippen LogP contribution >= 0.6 is 0 Å². The first kappa shape index (κ1) is 14.0. The van der Waals surface area contributed by atoms with Crippen LogP contribution in [0.3, 0.4) is 0 Å². The summed E-state index contributed by atoms with van der Waals surface area (Å²) < 4.78 is 39.0. The van der Waals surface area contributed by atoms with Crippen LogP contribution in [0.25, 0.3) is 0 Å². The van der Waals surface area contributed by atoms with Crippen LogP contribution in [0.4, 0.5) is 19.0 Å². The number of fused-ring (bicyclic) bond motifs is 2. The Kier molecular flexibility index (Phi) is 3.00. The van der Waals surface area contributed by atoms with Gasteiger partial charge >= 0.3 is 6.18 Å². The summed E-state index contributed by atoms with van der Waals surface area (Å²) in [5.74, 6) is 0.641. The summed E-state index contributed by atoms with van der Waals surface area (Å²) in [5, 5.41) is 0. The van der Waals surface area contributed by atoms with E-state index >= 15 is 0 Å². The fraction of sp³-hybridized carbons (Fsp3) is 0.625. The minimum absolute atomic E-state index is 0.190. The molecule has 0 spiro atoms. The first-order valence-electron chi connectivity index (χ1n) is 7.83. The van der Waals surface area contributed by atoms with Crippen molar-refractivity contribution in [1.82, 2.24) is 9.97 Å². The topological polar surface area (TPSA) is 29.0 Å². The predicted molar refractivity (Wildman–Crippen MR) is 76.6 cm³/mol. The summed E-state index contributed by atoms with van der Waals surface area (Å²) in [4.78, 5) is 9.97. The molecule has 1 saturated carbocycles. The van der Waals surface area contributed by atoms with Crippen LogP contribution in [0, 0.1) is 6.92 Å². The molecular formula is C16H18F3N3. The highest BCUT2D eigenvalue weighted by molar-refractivity contribution is 5.48. The molecular weight excluding hydrogens is 291 g/mol. The van der Waals surface area contributed by atoms with Crippen molar-refractivity contribution >= 4 is 5.82 Å². The number of aromatic nitrogens is 2. The molecule has 4 rings (SSSR count). The number of hydrogen-bond donors (Lipinski definition) is 0. The van der Waals surface area contributed by atoms with Gasteiger partial charge in [-0.2, -0.15) is 13.2 Å². The lowest BCUT2D eigenvalue weighted by Crippen LogP contribution is -2.41. The zero-order valence-corrected chi connectivity index (χ0v) is 12.5. The van der Waals surface area contributed by atoms with Gasteiger partial charge in [-0.05, 0) is 45.4 Å². The van der Waals surface area contributed by atoms with Crippen molar-refractivity contribution in [1.29, 1.82) is 0 Å². The van der Waals surface area contributed by atoms with E-state index in [0.717, 1.165) is 31.7 Å². The second kappa shape index (κ2) is 4.70. The van der Waals surface area contributed by atoms with Crippen LogP contribution in [0.2, 0.25) is 0 Å². The molecule has 22 heavy (non-hydrogen) atoms. The standard InChI is InChI=1S/C16H18F3N3/c1-9-20-14(16(17,18)19)8-15(21-9)22-12-4-5-13(22)7-11(6-12)10-2-3-10/h8,12-13H,2-7H2,1H3. The van der Waals surface area contributed by atoms with Gasteiger partial charge in [0.15, 0.2) is 0 Å². The lowest BCUT2D eigenvalue weighted by Gasteiger charge is -2.37. The minimum Gasteiger partial charge on any atom is -0.350 e. The minimum atomic E-state index is -4.42. The Balaban J connectivity index is 1.68. The van der Waals surface area contributed by atoms with E-state index < -0.39 is 11.9 Å². The Morgan fingerprint density at radius 1 is 1.05 bits per heavy atom. The van der Waals surface area contributed by atoms with E-state index in [-0.39, 0.29) is 5.82 Å². The van der Waals surface area contributed by atoms with Crippen molar-refractivity contribution in [3.63, 3.8) is 0 Å². The third kappa shape index (κ3) is 2.38. The van der Waals surface area contributed by atoms with Gasteiger partial charge in [0.25, 0.3) is 0 Å². The van der Waals surface area contributed by atoms with Gasteiger partial charge < -0.3 is 4.90 Å². The molecule has 3 nitrogen and oxygen atoms in total. The highest BCUT2D eigenvalue weighted by Gasteiger charge is 2.42. The van der Waals surface area contributed by atoms with Crippen molar-refractivity contribution in [2.24, 2.45) is 0 Å². The fourth-order valence-corrected chi connectivity index (χ4v) is 3.92. The number of aryl methyl sites for hydroxylation is 1. The Bertz CT molecular complexity index is 629.